The summed E-state index contributed by atoms with van der Waals surface area (Å²) in [5.41, 5.74) is 2.38. The van der Waals surface area contributed by atoms with E-state index in [2.05, 4.69) is 46.1 Å². The van der Waals surface area contributed by atoms with Crippen molar-refractivity contribution in [3.05, 3.63) is 48.3 Å². The average molecular weight is 269 g/mol. The van der Waals surface area contributed by atoms with Crippen LogP contribution >= 0.6 is 0 Å². The molecule has 1 fully saturated rings. The minimum Gasteiger partial charge on any atom is -0.379 e. The molecule has 1 aromatic heterocycles. The predicted molar refractivity (Wildman–Crippen MR) is 78.3 cm³/mol. The van der Waals surface area contributed by atoms with Gasteiger partial charge < -0.3 is 4.74 Å². The highest BCUT2D eigenvalue weighted by Crippen LogP contribution is 2.23. The Balaban J connectivity index is 1.75. The highest BCUT2D eigenvalue weighted by molar-refractivity contribution is 5.54. The zero-order chi connectivity index (χ0) is 13.8. The van der Waals surface area contributed by atoms with E-state index in [-0.39, 0.29) is 0 Å². The largest absolute Gasteiger partial charge is 0.379 e. The standard InChI is InChI=1S/C16H19N3O/c1-13(19-9-11-20-12-10-19)14-3-5-15(6-4-14)16-17-7-2-8-18-16/h2-8,13H,9-12H2,1H3. The summed E-state index contributed by atoms with van der Waals surface area (Å²) in [6, 6.07) is 10.8. The molecule has 1 aromatic carbocycles. The average Bonchev–Trinajstić information content (AvgIpc) is 2.56. The van der Waals surface area contributed by atoms with Crippen LogP contribution in [-0.2, 0) is 4.74 Å². The topological polar surface area (TPSA) is 38.2 Å². The van der Waals surface area contributed by atoms with Gasteiger partial charge in [0, 0.05) is 37.1 Å². The van der Waals surface area contributed by atoms with Crippen LogP contribution in [0.3, 0.4) is 0 Å². The molecule has 0 spiro atoms. The van der Waals surface area contributed by atoms with Crippen molar-refractivity contribution in [3.63, 3.8) is 0 Å². The third kappa shape index (κ3) is 2.86. The number of ether oxygens (including phenoxy) is 1. The first-order chi connectivity index (χ1) is 9.84. The third-order valence-electron chi connectivity index (χ3n) is 3.81. The minimum absolute atomic E-state index is 0.421. The van der Waals surface area contributed by atoms with Gasteiger partial charge in [-0.05, 0) is 18.6 Å². The van der Waals surface area contributed by atoms with Crippen molar-refractivity contribution in [1.82, 2.24) is 14.9 Å². The van der Waals surface area contributed by atoms with Gasteiger partial charge in [0.1, 0.15) is 0 Å². The van der Waals surface area contributed by atoms with Crippen molar-refractivity contribution in [1.29, 1.82) is 0 Å². The maximum absolute atomic E-state index is 5.40. The molecule has 1 saturated heterocycles. The number of benzene rings is 1. The van der Waals surface area contributed by atoms with E-state index in [1.165, 1.54) is 5.56 Å². The first-order valence-corrected chi connectivity index (χ1v) is 7.04. The maximum Gasteiger partial charge on any atom is 0.159 e. The summed E-state index contributed by atoms with van der Waals surface area (Å²) in [6.45, 7) is 5.93. The summed E-state index contributed by atoms with van der Waals surface area (Å²) in [7, 11) is 0. The molecule has 2 heterocycles. The molecule has 1 unspecified atom stereocenters. The highest BCUT2D eigenvalue weighted by atomic mass is 16.5. The van der Waals surface area contributed by atoms with Gasteiger partial charge in [-0.25, -0.2) is 9.97 Å². The van der Waals surface area contributed by atoms with Gasteiger partial charge in [0.15, 0.2) is 5.82 Å². The number of hydrogen-bond acceptors (Lipinski definition) is 4. The Kier molecular flexibility index (Phi) is 4.04. The van der Waals surface area contributed by atoms with Crippen molar-refractivity contribution < 1.29 is 4.74 Å². The number of aromatic nitrogens is 2. The Morgan fingerprint density at radius 2 is 1.70 bits per heavy atom. The lowest BCUT2D eigenvalue weighted by Gasteiger charge is -2.32. The fourth-order valence-corrected chi connectivity index (χ4v) is 2.53. The van der Waals surface area contributed by atoms with Crippen molar-refractivity contribution in [2.75, 3.05) is 26.3 Å². The lowest BCUT2D eigenvalue weighted by atomic mass is 10.0. The second-order valence-electron chi connectivity index (χ2n) is 5.02. The molecule has 0 N–H and O–H groups in total. The van der Waals surface area contributed by atoms with Crippen LogP contribution in [-0.4, -0.2) is 41.2 Å². The molecule has 1 atom stereocenters. The number of hydrogen-bond donors (Lipinski definition) is 0. The lowest BCUT2D eigenvalue weighted by Crippen LogP contribution is -2.37. The SMILES string of the molecule is CC(c1ccc(-c2ncccn2)cc1)N1CCOCC1. The monoisotopic (exact) mass is 269 g/mol. The minimum atomic E-state index is 0.421. The molecule has 20 heavy (non-hydrogen) atoms. The molecule has 0 radical (unpaired) electrons. The summed E-state index contributed by atoms with van der Waals surface area (Å²) >= 11 is 0. The molecular formula is C16H19N3O. The van der Waals surface area contributed by atoms with Gasteiger partial charge in [-0.15, -0.1) is 0 Å². The normalized spacial score (nSPS) is 17.9. The van der Waals surface area contributed by atoms with Gasteiger partial charge >= 0.3 is 0 Å². The van der Waals surface area contributed by atoms with Crippen molar-refractivity contribution in [2.45, 2.75) is 13.0 Å². The molecular weight excluding hydrogens is 250 g/mol. The van der Waals surface area contributed by atoms with E-state index >= 15 is 0 Å². The van der Waals surface area contributed by atoms with Gasteiger partial charge in [-0.2, -0.15) is 0 Å². The zero-order valence-electron chi connectivity index (χ0n) is 11.7. The van der Waals surface area contributed by atoms with E-state index in [9.17, 15) is 0 Å². The van der Waals surface area contributed by atoms with E-state index in [1.54, 1.807) is 12.4 Å². The molecule has 4 nitrogen and oxygen atoms in total. The smallest absolute Gasteiger partial charge is 0.159 e. The van der Waals surface area contributed by atoms with Crippen LogP contribution in [0.5, 0.6) is 0 Å². The molecule has 1 aliphatic heterocycles. The van der Waals surface area contributed by atoms with E-state index in [0.29, 0.717) is 6.04 Å². The van der Waals surface area contributed by atoms with E-state index in [0.717, 1.165) is 37.7 Å². The summed E-state index contributed by atoms with van der Waals surface area (Å²) in [4.78, 5) is 11.0. The van der Waals surface area contributed by atoms with Gasteiger partial charge in [0.05, 0.1) is 13.2 Å². The number of rotatable bonds is 3. The summed E-state index contributed by atoms with van der Waals surface area (Å²) in [6.07, 6.45) is 3.54. The van der Waals surface area contributed by atoms with Gasteiger partial charge in [-0.1, -0.05) is 24.3 Å². The zero-order valence-corrected chi connectivity index (χ0v) is 11.7. The molecule has 3 rings (SSSR count). The number of nitrogens with zero attached hydrogens (tertiary/aromatic N) is 3. The number of morpholine rings is 1. The Morgan fingerprint density at radius 3 is 2.35 bits per heavy atom. The van der Waals surface area contributed by atoms with Crippen LogP contribution in [0.25, 0.3) is 11.4 Å². The van der Waals surface area contributed by atoms with Crippen LogP contribution in [0.15, 0.2) is 42.7 Å². The molecule has 104 valence electrons. The Labute approximate surface area is 119 Å². The van der Waals surface area contributed by atoms with Crippen LogP contribution in [0.4, 0.5) is 0 Å². The predicted octanol–water partition coefficient (Wildman–Crippen LogP) is 2.54. The molecule has 0 bridgehead atoms. The summed E-state index contributed by atoms with van der Waals surface area (Å²) < 4.78 is 5.40. The van der Waals surface area contributed by atoms with Gasteiger partial charge in [0.25, 0.3) is 0 Å². The third-order valence-corrected chi connectivity index (χ3v) is 3.81. The van der Waals surface area contributed by atoms with Crippen LogP contribution in [0.2, 0.25) is 0 Å². The van der Waals surface area contributed by atoms with Crippen LogP contribution < -0.4 is 0 Å². The molecule has 1 aliphatic rings. The first-order valence-electron chi connectivity index (χ1n) is 7.04. The van der Waals surface area contributed by atoms with Gasteiger partial charge in [-0.3, -0.25) is 4.90 Å². The quantitative estimate of drug-likeness (QED) is 0.858. The van der Waals surface area contributed by atoms with E-state index in [4.69, 9.17) is 4.74 Å². The first kappa shape index (κ1) is 13.2. The molecule has 4 heteroatoms. The van der Waals surface area contributed by atoms with Crippen molar-refractivity contribution >= 4 is 0 Å². The Bertz CT molecular complexity index is 535. The second-order valence-corrected chi connectivity index (χ2v) is 5.02. The van der Waals surface area contributed by atoms with E-state index < -0.39 is 0 Å². The molecule has 0 saturated carbocycles. The van der Waals surface area contributed by atoms with Crippen molar-refractivity contribution in [3.8, 4) is 11.4 Å². The van der Waals surface area contributed by atoms with Crippen LogP contribution in [0.1, 0.15) is 18.5 Å². The van der Waals surface area contributed by atoms with Gasteiger partial charge in [0.2, 0.25) is 0 Å². The molecule has 2 aromatic rings. The Hall–Kier alpha value is -1.78. The summed E-state index contributed by atoms with van der Waals surface area (Å²) in [5.74, 6) is 0.776. The molecule has 0 amide bonds. The fraction of sp³-hybridized carbons (Fsp3) is 0.375. The Morgan fingerprint density at radius 1 is 1.05 bits per heavy atom. The summed E-state index contributed by atoms with van der Waals surface area (Å²) in [5, 5.41) is 0. The molecule has 0 aliphatic carbocycles. The van der Waals surface area contributed by atoms with Crippen LogP contribution in [0, 0.1) is 0 Å². The van der Waals surface area contributed by atoms with E-state index in [1.807, 2.05) is 6.07 Å². The van der Waals surface area contributed by atoms with Crippen molar-refractivity contribution in [2.24, 2.45) is 0 Å². The second kappa shape index (κ2) is 6.11. The fourth-order valence-electron chi connectivity index (χ4n) is 2.53. The highest BCUT2D eigenvalue weighted by Gasteiger charge is 2.18. The lowest BCUT2D eigenvalue weighted by molar-refractivity contribution is 0.0198. The maximum atomic E-state index is 5.40.